The van der Waals surface area contributed by atoms with E-state index in [4.69, 9.17) is 21.1 Å². The molecule has 6 nitrogen and oxygen atoms in total. The van der Waals surface area contributed by atoms with Crippen molar-refractivity contribution in [2.45, 2.75) is 32.4 Å². The van der Waals surface area contributed by atoms with E-state index in [1.807, 2.05) is 61.5 Å². The molecule has 0 heterocycles. The lowest BCUT2D eigenvalue weighted by Gasteiger charge is -2.31. The number of amides is 2. The fourth-order valence-corrected chi connectivity index (χ4v) is 4.43. The second-order valence-corrected chi connectivity index (χ2v) is 9.56. The van der Waals surface area contributed by atoms with Crippen molar-refractivity contribution in [1.82, 2.24) is 10.2 Å². The van der Waals surface area contributed by atoms with Crippen molar-refractivity contribution >= 4 is 39.3 Å². The van der Waals surface area contributed by atoms with Crippen molar-refractivity contribution < 1.29 is 19.1 Å². The zero-order valence-corrected chi connectivity index (χ0v) is 22.7. The van der Waals surface area contributed by atoms with Crippen molar-refractivity contribution in [2.75, 3.05) is 20.3 Å². The van der Waals surface area contributed by atoms with E-state index in [0.717, 1.165) is 22.0 Å². The summed E-state index contributed by atoms with van der Waals surface area (Å²) in [4.78, 5) is 28.5. The predicted octanol–water partition coefficient (Wildman–Crippen LogP) is 5.66. The standard InChI is InChI=1S/C28H30BrClN2O4/c1-3-14-31-28(34)25(16-20-8-5-4-6-9-20)32(18-21-10-7-11-23(15-21)35-2)27(33)19-36-26-13-12-22(29)17-24(26)30/h4-13,15,17,25H,3,14,16,18-19H2,1-2H3,(H,31,34). The highest BCUT2D eigenvalue weighted by Gasteiger charge is 2.30. The number of rotatable bonds is 12. The van der Waals surface area contributed by atoms with E-state index >= 15 is 0 Å². The molecule has 0 bridgehead atoms. The van der Waals surface area contributed by atoms with Gasteiger partial charge < -0.3 is 19.7 Å². The highest BCUT2D eigenvalue weighted by Crippen LogP contribution is 2.28. The molecule has 1 unspecified atom stereocenters. The Morgan fingerprint density at radius 1 is 1.03 bits per heavy atom. The van der Waals surface area contributed by atoms with Crippen LogP contribution in [0, 0.1) is 0 Å². The van der Waals surface area contributed by atoms with Crippen LogP contribution in [-0.4, -0.2) is 43.0 Å². The third-order valence-corrected chi connectivity index (χ3v) is 6.34. The summed E-state index contributed by atoms with van der Waals surface area (Å²) in [6.45, 7) is 2.46. The molecule has 2 amide bonds. The van der Waals surface area contributed by atoms with E-state index in [0.29, 0.717) is 29.5 Å². The normalized spacial score (nSPS) is 11.4. The third-order valence-electron chi connectivity index (χ3n) is 5.55. The van der Waals surface area contributed by atoms with Crippen molar-refractivity contribution in [3.63, 3.8) is 0 Å². The molecule has 0 radical (unpaired) electrons. The molecule has 0 saturated carbocycles. The Kier molecular flexibility index (Phi) is 10.6. The Morgan fingerprint density at radius 2 is 1.78 bits per heavy atom. The maximum absolute atomic E-state index is 13.6. The summed E-state index contributed by atoms with van der Waals surface area (Å²) >= 11 is 9.64. The first kappa shape index (κ1) is 27.6. The molecule has 0 aromatic heterocycles. The number of benzene rings is 3. The Bertz CT molecular complexity index is 1160. The number of methoxy groups -OCH3 is 1. The Morgan fingerprint density at radius 3 is 2.47 bits per heavy atom. The zero-order valence-electron chi connectivity index (χ0n) is 20.4. The smallest absolute Gasteiger partial charge is 0.261 e. The number of hydrogen-bond donors (Lipinski definition) is 1. The van der Waals surface area contributed by atoms with Gasteiger partial charge in [0, 0.05) is 24.0 Å². The number of nitrogens with one attached hydrogen (secondary N) is 1. The fourth-order valence-electron chi connectivity index (χ4n) is 3.70. The van der Waals surface area contributed by atoms with Gasteiger partial charge in [-0.2, -0.15) is 0 Å². The van der Waals surface area contributed by atoms with Crippen molar-refractivity contribution in [1.29, 1.82) is 0 Å². The number of carbonyl (C=O) groups is 2. The first-order chi connectivity index (χ1) is 17.4. The van der Waals surface area contributed by atoms with E-state index < -0.39 is 6.04 Å². The molecule has 1 N–H and O–H groups in total. The fraction of sp³-hybridized carbons (Fsp3) is 0.286. The molecule has 36 heavy (non-hydrogen) atoms. The second kappa shape index (κ2) is 13.9. The van der Waals surface area contributed by atoms with Gasteiger partial charge in [-0.05, 0) is 47.9 Å². The van der Waals surface area contributed by atoms with Crippen LogP contribution in [0.1, 0.15) is 24.5 Å². The largest absolute Gasteiger partial charge is 0.497 e. The zero-order chi connectivity index (χ0) is 25.9. The van der Waals surface area contributed by atoms with Gasteiger partial charge in [0.15, 0.2) is 6.61 Å². The topological polar surface area (TPSA) is 67.9 Å². The summed E-state index contributed by atoms with van der Waals surface area (Å²) in [5.74, 6) is 0.528. The minimum Gasteiger partial charge on any atom is -0.497 e. The third kappa shape index (κ3) is 8.00. The summed E-state index contributed by atoms with van der Waals surface area (Å²) in [5, 5.41) is 3.35. The van der Waals surface area contributed by atoms with Gasteiger partial charge in [-0.3, -0.25) is 9.59 Å². The van der Waals surface area contributed by atoms with Gasteiger partial charge in [0.2, 0.25) is 5.91 Å². The van der Waals surface area contributed by atoms with Gasteiger partial charge in [0.1, 0.15) is 17.5 Å². The maximum atomic E-state index is 13.6. The van der Waals surface area contributed by atoms with Gasteiger partial charge in [-0.15, -0.1) is 0 Å². The van der Waals surface area contributed by atoms with Crippen LogP contribution in [0.5, 0.6) is 11.5 Å². The molecule has 0 aliphatic heterocycles. The highest BCUT2D eigenvalue weighted by atomic mass is 79.9. The minimum absolute atomic E-state index is 0.210. The lowest BCUT2D eigenvalue weighted by Crippen LogP contribution is -2.51. The lowest BCUT2D eigenvalue weighted by molar-refractivity contribution is -0.142. The molecular weight excluding hydrogens is 544 g/mol. The Balaban J connectivity index is 1.91. The number of nitrogens with zero attached hydrogens (tertiary/aromatic N) is 1. The average molecular weight is 574 g/mol. The molecular formula is C28H30BrClN2O4. The molecule has 1 atom stereocenters. The van der Waals surface area contributed by atoms with Gasteiger partial charge in [-0.1, -0.05) is 76.9 Å². The molecule has 0 aliphatic rings. The summed E-state index contributed by atoms with van der Waals surface area (Å²) in [7, 11) is 1.59. The van der Waals surface area contributed by atoms with Gasteiger partial charge in [0.05, 0.1) is 12.1 Å². The van der Waals surface area contributed by atoms with Gasteiger partial charge >= 0.3 is 0 Å². The van der Waals surface area contributed by atoms with Crippen LogP contribution in [0.4, 0.5) is 0 Å². The first-order valence-electron chi connectivity index (χ1n) is 11.7. The molecule has 0 spiro atoms. The maximum Gasteiger partial charge on any atom is 0.261 e. The van der Waals surface area contributed by atoms with Crippen LogP contribution < -0.4 is 14.8 Å². The van der Waals surface area contributed by atoms with Crippen LogP contribution >= 0.6 is 27.5 Å². The van der Waals surface area contributed by atoms with E-state index in [2.05, 4.69) is 21.2 Å². The summed E-state index contributed by atoms with van der Waals surface area (Å²) in [5.41, 5.74) is 1.79. The number of carbonyl (C=O) groups excluding carboxylic acids is 2. The first-order valence-corrected chi connectivity index (χ1v) is 12.9. The quantitative estimate of drug-likeness (QED) is 0.304. The molecule has 3 aromatic carbocycles. The van der Waals surface area contributed by atoms with Crippen LogP contribution in [0.2, 0.25) is 5.02 Å². The van der Waals surface area contributed by atoms with Crippen LogP contribution in [0.15, 0.2) is 77.3 Å². The second-order valence-electron chi connectivity index (χ2n) is 8.23. The average Bonchev–Trinajstić information content (AvgIpc) is 2.89. The lowest BCUT2D eigenvalue weighted by atomic mass is 10.0. The summed E-state index contributed by atoms with van der Waals surface area (Å²) in [6.07, 6.45) is 1.16. The number of halogens is 2. The molecule has 0 fully saturated rings. The number of ether oxygens (including phenoxy) is 2. The van der Waals surface area contributed by atoms with Crippen molar-refractivity contribution in [3.05, 3.63) is 93.4 Å². The highest BCUT2D eigenvalue weighted by molar-refractivity contribution is 9.10. The van der Waals surface area contributed by atoms with Crippen molar-refractivity contribution in [3.8, 4) is 11.5 Å². The Labute approximate surface area is 225 Å². The van der Waals surface area contributed by atoms with Crippen LogP contribution in [-0.2, 0) is 22.6 Å². The molecule has 0 saturated heterocycles. The molecule has 8 heteroatoms. The van der Waals surface area contributed by atoms with E-state index in [9.17, 15) is 9.59 Å². The number of hydrogen-bond acceptors (Lipinski definition) is 4. The molecule has 3 rings (SSSR count). The van der Waals surface area contributed by atoms with Crippen molar-refractivity contribution in [2.24, 2.45) is 0 Å². The van der Waals surface area contributed by atoms with Gasteiger partial charge in [0.25, 0.3) is 5.91 Å². The monoisotopic (exact) mass is 572 g/mol. The van der Waals surface area contributed by atoms with E-state index in [1.54, 1.807) is 30.2 Å². The van der Waals surface area contributed by atoms with E-state index in [-0.39, 0.29) is 25.0 Å². The van der Waals surface area contributed by atoms with Crippen LogP contribution in [0.3, 0.4) is 0 Å². The summed E-state index contributed by atoms with van der Waals surface area (Å²) in [6, 6.07) is 21.6. The molecule has 3 aromatic rings. The molecule has 0 aliphatic carbocycles. The van der Waals surface area contributed by atoms with Gasteiger partial charge in [-0.25, -0.2) is 0 Å². The SMILES string of the molecule is CCCNC(=O)C(Cc1ccccc1)N(Cc1cccc(OC)c1)C(=O)COc1ccc(Br)cc1Cl. The van der Waals surface area contributed by atoms with E-state index in [1.165, 1.54) is 0 Å². The molecule has 190 valence electrons. The Hall–Kier alpha value is -3.03. The van der Waals surface area contributed by atoms with Crippen LogP contribution in [0.25, 0.3) is 0 Å². The summed E-state index contributed by atoms with van der Waals surface area (Å²) < 4.78 is 11.9. The minimum atomic E-state index is -0.735. The predicted molar refractivity (Wildman–Crippen MR) is 145 cm³/mol.